The zero-order chi connectivity index (χ0) is 17.1. The first-order valence-corrected chi connectivity index (χ1v) is 8.61. The molecule has 1 aromatic carbocycles. The lowest BCUT2D eigenvalue weighted by molar-refractivity contribution is -0.871. The molecular weight excluding hydrogens is 292 g/mol. The van der Waals surface area contributed by atoms with Crippen LogP contribution in [-0.2, 0) is 6.54 Å². The van der Waals surface area contributed by atoms with Gasteiger partial charge in [-0.3, -0.25) is 0 Å². The maximum absolute atomic E-state index is 2.28. The van der Waals surface area contributed by atoms with Crippen LogP contribution in [0.2, 0.25) is 0 Å². The molecule has 0 spiro atoms. The van der Waals surface area contributed by atoms with Gasteiger partial charge in [0.25, 0.3) is 0 Å². The lowest BCUT2D eigenvalue weighted by Crippen LogP contribution is -3.09. The molecule has 0 saturated carbocycles. The fourth-order valence-corrected chi connectivity index (χ4v) is 3.24. The van der Waals surface area contributed by atoms with E-state index in [9.17, 15) is 0 Å². The normalized spacial score (nSPS) is 19.7. The predicted octanol–water partition coefficient (Wildman–Crippen LogP) is 3.08. The number of nitrogens with one attached hydrogen (secondary N) is 1. The highest BCUT2D eigenvalue weighted by atomic mass is 15.1. The molecule has 124 valence electrons. The molecule has 2 nitrogen and oxygen atoms in total. The summed E-state index contributed by atoms with van der Waals surface area (Å²) in [5.74, 6) is 0. The Kier molecular flexibility index (Phi) is 4.86. The van der Waals surface area contributed by atoms with E-state index in [1.807, 2.05) is 0 Å². The second-order valence-corrected chi connectivity index (χ2v) is 7.03. The number of quaternary nitrogens is 1. The molecule has 2 heteroatoms. The summed E-state index contributed by atoms with van der Waals surface area (Å²) in [6.45, 7) is 5.23. The van der Waals surface area contributed by atoms with Crippen LogP contribution < -0.4 is 4.90 Å². The third kappa shape index (κ3) is 3.95. The Morgan fingerprint density at radius 1 is 0.833 bits per heavy atom. The number of rotatable bonds is 3. The van der Waals surface area contributed by atoms with Gasteiger partial charge in [-0.05, 0) is 54.9 Å². The number of allylic oxidation sites excluding steroid dienone is 6. The van der Waals surface area contributed by atoms with Gasteiger partial charge in [0.15, 0.2) is 0 Å². The van der Waals surface area contributed by atoms with Crippen LogP contribution in [0.4, 0.5) is 0 Å². The van der Waals surface area contributed by atoms with Crippen molar-refractivity contribution in [1.29, 1.82) is 0 Å². The summed E-state index contributed by atoms with van der Waals surface area (Å²) in [5, 5.41) is 0. The van der Waals surface area contributed by atoms with Crippen LogP contribution in [0, 0.1) is 13.8 Å². The van der Waals surface area contributed by atoms with E-state index in [0.29, 0.717) is 6.04 Å². The molecule has 0 atom stereocenters. The third-order valence-corrected chi connectivity index (χ3v) is 4.50. The minimum atomic E-state index is 0.479. The van der Waals surface area contributed by atoms with Gasteiger partial charge in [-0.25, -0.2) is 0 Å². The topological polar surface area (TPSA) is 7.68 Å². The Morgan fingerprint density at radius 3 is 1.92 bits per heavy atom. The van der Waals surface area contributed by atoms with Gasteiger partial charge < -0.3 is 9.80 Å². The van der Waals surface area contributed by atoms with Crippen molar-refractivity contribution in [2.75, 3.05) is 14.1 Å². The molecule has 0 amide bonds. The van der Waals surface area contributed by atoms with E-state index in [0.717, 1.165) is 6.54 Å². The molecule has 1 heterocycles. The van der Waals surface area contributed by atoms with Crippen molar-refractivity contribution >= 4 is 0 Å². The second-order valence-electron chi connectivity index (χ2n) is 7.03. The molecule has 1 aliphatic heterocycles. The molecule has 3 rings (SSSR count). The zero-order valence-corrected chi connectivity index (χ0v) is 15.1. The Labute approximate surface area is 145 Å². The van der Waals surface area contributed by atoms with E-state index < -0.39 is 0 Å². The van der Waals surface area contributed by atoms with Crippen molar-refractivity contribution in [3.05, 3.63) is 94.9 Å². The van der Waals surface area contributed by atoms with Crippen LogP contribution in [0.3, 0.4) is 0 Å². The smallest absolute Gasteiger partial charge is 0.125 e. The van der Waals surface area contributed by atoms with E-state index in [1.165, 1.54) is 32.7 Å². The molecular formula is C22H27N2+. The summed E-state index contributed by atoms with van der Waals surface area (Å²) < 4.78 is 0. The van der Waals surface area contributed by atoms with Gasteiger partial charge in [-0.1, -0.05) is 41.5 Å². The van der Waals surface area contributed by atoms with Crippen LogP contribution in [-0.4, -0.2) is 25.0 Å². The minimum absolute atomic E-state index is 0.479. The molecule has 1 N–H and O–H groups in total. The van der Waals surface area contributed by atoms with Gasteiger partial charge in [0.2, 0.25) is 0 Å². The van der Waals surface area contributed by atoms with Crippen LogP contribution in [0.15, 0.2) is 78.2 Å². The average Bonchev–Trinajstić information content (AvgIpc) is 2.55. The fourth-order valence-electron chi connectivity index (χ4n) is 3.24. The number of nitrogens with zero attached hydrogens (tertiary/aromatic N) is 1. The summed E-state index contributed by atoms with van der Waals surface area (Å²) in [7, 11) is 4.37. The Bertz CT molecular complexity index is 708. The second kappa shape index (κ2) is 7.06. The Morgan fingerprint density at radius 2 is 1.38 bits per heavy atom. The molecule has 1 aliphatic carbocycles. The van der Waals surface area contributed by atoms with E-state index in [1.54, 1.807) is 0 Å². The van der Waals surface area contributed by atoms with Crippen molar-refractivity contribution in [3.8, 4) is 0 Å². The summed E-state index contributed by atoms with van der Waals surface area (Å²) in [4.78, 5) is 3.67. The van der Waals surface area contributed by atoms with Crippen molar-refractivity contribution in [1.82, 2.24) is 4.90 Å². The molecule has 0 bridgehead atoms. The van der Waals surface area contributed by atoms with Crippen LogP contribution in [0.1, 0.15) is 16.7 Å². The number of hydrogen-bond acceptors (Lipinski definition) is 1. The molecule has 1 aromatic rings. The van der Waals surface area contributed by atoms with Gasteiger partial charge in [0.05, 0.1) is 14.1 Å². The van der Waals surface area contributed by atoms with Gasteiger partial charge in [-0.15, -0.1) is 0 Å². The number of benzene rings is 1. The summed E-state index contributed by atoms with van der Waals surface area (Å²) >= 11 is 0. The first-order valence-electron chi connectivity index (χ1n) is 8.61. The van der Waals surface area contributed by atoms with E-state index >= 15 is 0 Å². The maximum atomic E-state index is 2.28. The maximum Gasteiger partial charge on any atom is 0.125 e. The molecule has 0 saturated heterocycles. The van der Waals surface area contributed by atoms with Gasteiger partial charge in [0, 0.05) is 18.9 Å². The molecule has 0 fully saturated rings. The van der Waals surface area contributed by atoms with Crippen molar-refractivity contribution in [2.24, 2.45) is 0 Å². The van der Waals surface area contributed by atoms with Crippen molar-refractivity contribution in [3.63, 3.8) is 0 Å². The summed E-state index contributed by atoms with van der Waals surface area (Å²) in [6, 6.07) is 7.23. The largest absolute Gasteiger partial charge is 0.350 e. The summed E-state index contributed by atoms with van der Waals surface area (Å²) in [6.07, 6.45) is 17.8. The molecule has 2 aliphatic rings. The predicted molar refractivity (Wildman–Crippen MR) is 102 cm³/mol. The van der Waals surface area contributed by atoms with E-state index in [4.69, 9.17) is 0 Å². The zero-order valence-electron chi connectivity index (χ0n) is 15.1. The lowest BCUT2D eigenvalue weighted by atomic mass is 9.99. The standard InChI is InChI=1S/C22H26N2/c1-17-13-18(2)15-19(14-17)16-24-11-9-21(10-12-24)20-5-7-22(8-6-20)23(3)4/h5-15,22H,16H2,1-4H3/p+1. The van der Waals surface area contributed by atoms with Gasteiger partial charge >= 0.3 is 0 Å². The molecule has 0 unspecified atom stereocenters. The number of aryl methyl sites for hydroxylation is 2. The van der Waals surface area contributed by atoms with Gasteiger partial charge in [0.1, 0.15) is 6.04 Å². The van der Waals surface area contributed by atoms with Crippen molar-refractivity contribution < 1.29 is 4.90 Å². The number of hydrogen-bond donors (Lipinski definition) is 1. The summed E-state index contributed by atoms with van der Waals surface area (Å²) in [5.41, 5.74) is 6.56. The minimum Gasteiger partial charge on any atom is -0.350 e. The molecule has 0 radical (unpaired) electrons. The van der Waals surface area contributed by atoms with E-state index in [2.05, 4.69) is 99.9 Å². The monoisotopic (exact) mass is 319 g/mol. The van der Waals surface area contributed by atoms with Crippen molar-refractivity contribution in [2.45, 2.75) is 26.4 Å². The quantitative estimate of drug-likeness (QED) is 0.900. The Hall–Kier alpha value is -2.32. The molecule has 24 heavy (non-hydrogen) atoms. The highest BCUT2D eigenvalue weighted by molar-refractivity contribution is 5.50. The first kappa shape index (κ1) is 16.5. The van der Waals surface area contributed by atoms with Crippen LogP contribution in [0.25, 0.3) is 0 Å². The van der Waals surface area contributed by atoms with Crippen LogP contribution >= 0.6 is 0 Å². The Balaban J connectivity index is 1.69. The highest BCUT2D eigenvalue weighted by Crippen LogP contribution is 2.20. The third-order valence-electron chi connectivity index (χ3n) is 4.50. The lowest BCUT2D eigenvalue weighted by Gasteiger charge is -2.21. The van der Waals surface area contributed by atoms with Gasteiger partial charge in [-0.2, -0.15) is 0 Å². The fraction of sp³-hybridized carbons (Fsp3) is 0.273. The van der Waals surface area contributed by atoms with Crippen LogP contribution in [0.5, 0.6) is 0 Å². The SMILES string of the molecule is Cc1cc(C)cc(CN2C=CC(=C3C=CC([NH+](C)C)C=C3)C=C2)c1. The average molecular weight is 319 g/mol. The van der Waals surface area contributed by atoms with E-state index in [-0.39, 0.29) is 0 Å². The molecule has 0 aromatic heterocycles. The number of likely N-dealkylation sites (N-methyl/N-ethyl adjacent to an activating group) is 1. The first-order chi connectivity index (χ1) is 11.5. The highest BCUT2D eigenvalue weighted by Gasteiger charge is 2.12.